The number of hydrogen-bond donors (Lipinski definition) is 0. The summed E-state index contributed by atoms with van der Waals surface area (Å²) in [6.45, 7) is 16.9. The molecule has 0 amide bonds. The summed E-state index contributed by atoms with van der Waals surface area (Å²) in [6, 6.07) is 29.3. The third-order valence-electron chi connectivity index (χ3n) is 5.47. The van der Waals surface area contributed by atoms with E-state index >= 15 is 0 Å². The Kier molecular flexibility index (Phi) is 7.96. The molecule has 0 aliphatic carbocycles. The van der Waals surface area contributed by atoms with Gasteiger partial charge in [-0.3, -0.25) is 0 Å². The van der Waals surface area contributed by atoms with E-state index < -0.39 is 15.7 Å². The Morgan fingerprint density at radius 3 is 1.42 bits per heavy atom. The van der Waals surface area contributed by atoms with Crippen molar-refractivity contribution in [3.05, 3.63) is 90.0 Å². The first-order chi connectivity index (χ1) is 14.7. The van der Waals surface area contributed by atoms with Crippen molar-refractivity contribution >= 4 is 41.4 Å². The van der Waals surface area contributed by atoms with Gasteiger partial charge in [-0.25, -0.2) is 0 Å². The molecule has 3 rings (SSSR count). The summed E-state index contributed by atoms with van der Waals surface area (Å²) in [5, 5.41) is 2.94. The molecule has 3 aromatic carbocycles. The Labute approximate surface area is 194 Å². The van der Waals surface area contributed by atoms with E-state index in [1.807, 2.05) is 0 Å². The quantitative estimate of drug-likeness (QED) is 0.252. The van der Waals surface area contributed by atoms with Crippen LogP contribution in [0.1, 0.15) is 50.7 Å². The summed E-state index contributed by atoms with van der Waals surface area (Å²) in [6.07, 6.45) is 0. The van der Waals surface area contributed by atoms with Crippen molar-refractivity contribution in [1.29, 1.82) is 0 Å². The van der Waals surface area contributed by atoms with Crippen LogP contribution in [0, 0.1) is 0 Å². The van der Waals surface area contributed by atoms with Gasteiger partial charge < -0.3 is 4.23 Å². The second kappa shape index (κ2) is 10.3. The fourth-order valence-electron chi connectivity index (χ4n) is 3.82. The van der Waals surface area contributed by atoms with Gasteiger partial charge in [0.2, 0.25) is 9.35 Å². The number of para-hydroxylation sites is 1. The molecule has 0 N–H and O–H groups in total. The zero-order valence-corrected chi connectivity index (χ0v) is 22.9. The van der Waals surface area contributed by atoms with Crippen LogP contribution in [0.4, 0.5) is 5.69 Å². The minimum Gasteiger partial charge on any atom is -0.421 e. The van der Waals surface area contributed by atoms with Crippen molar-refractivity contribution in [2.45, 2.75) is 59.2 Å². The zero-order chi connectivity index (χ0) is 22.6. The van der Waals surface area contributed by atoms with Gasteiger partial charge in [-0.1, -0.05) is 126 Å². The topological polar surface area (TPSA) is 3.24 Å². The molecule has 0 atom stereocenters. The molecule has 0 saturated carbocycles. The van der Waals surface area contributed by atoms with E-state index in [0.717, 1.165) is 9.35 Å². The Morgan fingerprint density at radius 1 is 0.645 bits per heavy atom. The number of nitrogens with zero attached hydrogens (tertiary/aromatic N) is 1. The molecule has 0 saturated heterocycles. The lowest BCUT2D eigenvalue weighted by atomic mass is 9.93. The maximum absolute atomic E-state index is 2.86. The van der Waals surface area contributed by atoms with Gasteiger partial charge in [0.25, 0.3) is 0 Å². The van der Waals surface area contributed by atoms with Gasteiger partial charge in [0.15, 0.2) is 0 Å². The molecule has 0 spiro atoms. The summed E-state index contributed by atoms with van der Waals surface area (Å²) < 4.78 is 2.86. The van der Waals surface area contributed by atoms with Gasteiger partial charge in [0.05, 0.1) is 0 Å². The highest BCUT2D eigenvalue weighted by Crippen LogP contribution is 2.42. The molecule has 1 nitrogen and oxygen atoms in total. The van der Waals surface area contributed by atoms with Crippen molar-refractivity contribution in [3.63, 3.8) is 0 Å². The smallest absolute Gasteiger partial charge is 0.217 e. The zero-order valence-electron chi connectivity index (χ0n) is 20.1. The minimum atomic E-state index is -1.65. The average molecular weight is 462 g/mol. The van der Waals surface area contributed by atoms with E-state index in [2.05, 4.69) is 130 Å². The average Bonchev–Trinajstić information content (AvgIpc) is 2.74. The summed E-state index contributed by atoms with van der Waals surface area (Å²) in [4.78, 5) is 0. The summed E-state index contributed by atoms with van der Waals surface area (Å²) in [5.74, 6) is 1.02. The summed E-state index contributed by atoms with van der Waals surface area (Å²) in [7, 11) is -1.37. The highest BCUT2D eigenvalue weighted by Gasteiger charge is 2.33. The third-order valence-corrected chi connectivity index (χ3v) is 14.9. The fourth-order valence-corrected chi connectivity index (χ4v) is 14.1. The summed E-state index contributed by atoms with van der Waals surface area (Å²) in [5.41, 5.74) is 4.51. The van der Waals surface area contributed by atoms with Crippen LogP contribution in [0.3, 0.4) is 0 Å². The lowest BCUT2D eigenvalue weighted by Gasteiger charge is -2.42. The predicted molar refractivity (Wildman–Crippen MR) is 145 cm³/mol. The SMILES string of the molecule is CC(C)c1cccc(C(C)C)c1N([Si]P(c1ccccc1)c1ccccc1)[Si](C)(C)C. The molecule has 0 unspecified atom stereocenters. The molecule has 0 aromatic heterocycles. The molecule has 2 radical (unpaired) electrons. The van der Waals surface area contributed by atoms with Crippen molar-refractivity contribution in [2.75, 3.05) is 4.23 Å². The molecule has 0 bridgehead atoms. The second-order valence-corrected chi connectivity index (χ2v) is 19.2. The first-order valence-corrected chi connectivity index (χ1v) is 17.9. The molecule has 0 aliphatic heterocycles. The van der Waals surface area contributed by atoms with Crippen molar-refractivity contribution < 1.29 is 0 Å². The lowest BCUT2D eigenvalue weighted by Crippen LogP contribution is -2.50. The third kappa shape index (κ3) is 5.77. The van der Waals surface area contributed by atoms with Crippen molar-refractivity contribution in [2.24, 2.45) is 0 Å². The van der Waals surface area contributed by atoms with Crippen LogP contribution in [-0.4, -0.2) is 17.6 Å². The van der Waals surface area contributed by atoms with Gasteiger partial charge in [-0.15, -0.1) is 0 Å². The van der Waals surface area contributed by atoms with Crippen LogP contribution in [-0.2, 0) is 0 Å². The van der Waals surface area contributed by atoms with E-state index in [1.165, 1.54) is 27.4 Å². The maximum Gasteiger partial charge on any atom is 0.217 e. The van der Waals surface area contributed by atoms with E-state index in [9.17, 15) is 0 Å². The number of benzene rings is 3. The van der Waals surface area contributed by atoms with Crippen LogP contribution in [0.15, 0.2) is 78.9 Å². The highest BCUT2D eigenvalue weighted by molar-refractivity contribution is 7.98. The Morgan fingerprint density at radius 2 is 1.06 bits per heavy atom. The molecule has 0 heterocycles. The molecule has 0 aliphatic rings. The largest absolute Gasteiger partial charge is 0.421 e. The van der Waals surface area contributed by atoms with Gasteiger partial charge in [-0.05, 0) is 41.0 Å². The van der Waals surface area contributed by atoms with Crippen molar-refractivity contribution in [1.82, 2.24) is 0 Å². The van der Waals surface area contributed by atoms with Crippen LogP contribution in [0.25, 0.3) is 0 Å². The molecule has 4 heteroatoms. The Bertz CT molecular complexity index is 900. The normalized spacial score (nSPS) is 12.1. The van der Waals surface area contributed by atoms with Crippen LogP contribution in [0.5, 0.6) is 0 Å². The standard InChI is InChI=1S/C27H36NPSi2/c1-21(2)25-19-14-20-26(22(3)4)27(25)28(31(5,6)7)30-29(23-15-10-8-11-16-23)24-17-12-9-13-18-24/h8-22H,1-7H3. The Balaban J connectivity index is 2.18. The number of anilines is 1. The second-order valence-electron chi connectivity index (χ2n) is 9.71. The molecule has 3 aromatic rings. The lowest BCUT2D eigenvalue weighted by molar-refractivity contribution is 0.835. The van der Waals surface area contributed by atoms with Gasteiger partial charge in [0, 0.05) is 5.69 Å². The number of hydrogen-bond acceptors (Lipinski definition) is 1. The van der Waals surface area contributed by atoms with Crippen LogP contribution >= 0.6 is 7.47 Å². The summed E-state index contributed by atoms with van der Waals surface area (Å²) >= 11 is 0. The molecule has 162 valence electrons. The number of rotatable bonds is 8. The van der Waals surface area contributed by atoms with Gasteiger partial charge >= 0.3 is 0 Å². The Hall–Kier alpha value is -1.68. The van der Waals surface area contributed by atoms with Gasteiger partial charge in [0.1, 0.15) is 8.24 Å². The molecule has 0 fully saturated rings. The minimum absolute atomic E-state index is 0.453. The van der Waals surface area contributed by atoms with Gasteiger partial charge in [-0.2, -0.15) is 0 Å². The van der Waals surface area contributed by atoms with E-state index in [4.69, 9.17) is 0 Å². The van der Waals surface area contributed by atoms with E-state index in [-0.39, 0.29) is 0 Å². The highest BCUT2D eigenvalue weighted by atomic mass is 31.4. The van der Waals surface area contributed by atoms with Crippen LogP contribution in [0.2, 0.25) is 19.6 Å². The van der Waals surface area contributed by atoms with E-state index in [0.29, 0.717) is 11.8 Å². The molecular formula is C27H36NPSi2. The van der Waals surface area contributed by atoms with E-state index in [1.54, 1.807) is 0 Å². The first-order valence-electron chi connectivity index (χ1n) is 11.3. The molecular weight excluding hydrogens is 425 g/mol. The van der Waals surface area contributed by atoms with Crippen molar-refractivity contribution in [3.8, 4) is 0 Å². The fraction of sp³-hybridized carbons (Fsp3) is 0.333. The molecule has 31 heavy (non-hydrogen) atoms. The van der Waals surface area contributed by atoms with Crippen LogP contribution < -0.4 is 14.8 Å². The predicted octanol–water partition coefficient (Wildman–Crippen LogP) is 7.24. The monoisotopic (exact) mass is 461 g/mol. The maximum atomic E-state index is 2.86. The first kappa shape index (κ1) is 24.0.